The molecule has 0 saturated carbocycles. The molecule has 1 heterocycles. The average molecular weight is 419 g/mol. The van der Waals surface area contributed by atoms with Gasteiger partial charge in [0.05, 0.1) is 12.8 Å². The number of anilines is 1. The van der Waals surface area contributed by atoms with Gasteiger partial charge in [0.2, 0.25) is 0 Å². The van der Waals surface area contributed by atoms with Gasteiger partial charge in [-0.05, 0) is 30.7 Å². The van der Waals surface area contributed by atoms with Crippen molar-refractivity contribution < 1.29 is 19.1 Å². The number of aryl methyl sites for hydroxylation is 1. The van der Waals surface area contributed by atoms with Gasteiger partial charge in [0.1, 0.15) is 17.4 Å². The Kier molecular flexibility index (Phi) is 7.28. The third-order valence-corrected chi connectivity index (χ3v) is 5.11. The van der Waals surface area contributed by atoms with Crippen LogP contribution in [0.3, 0.4) is 0 Å². The topological polar surface area (TPSA) is 82.9 Å². The largest absolute Gasteiger partial charge is 0.495 e. The number of para-hydroxylation sites is 2. The summed E-state index contributed by atoms with van der Waals surface area (Å²) in [5.41, 5.74) is 2.65. The number of amides is 1. The summed E-state index contributed by atoms with van der Waals surface area (Å²) in [7, 11) is 1.63. The molecule has 7 heteroatoms. The Bertz CT molecular complexity index is 1000. The second-order valence-corrected chi connectivity index (χ2v) is 7.20. The van der Waals surface area contributed by atoms with Crippen molar-refractivity contribution in [2.75, 3.05) is 44.8 Å². The molecule has 160 valence electrons. The molecule has 1 amide bonds. The number of methoxy groups -OCH3 is 1. The van der Waals surface area contributed by atoms with E-state index in [9.17, 15) is 14.9 Å². The number of ether oxygens (including phenoxy) is 2. The number of nitrogens with zero attached hydrogens (tertiary/aromatic N) is 3. The molecule has 1 fully saturated rings. The first-order valence-electron chi connectivity index (χ1n) is 10.0. The molecule has 0 N–H and O–H groups in total. The van der Waals surface area contributed by atoms with E-state index in [0.29, 0.717) is 26.2 Å². The lowest BCUT2D eigenvalue weighted by atomic mass is 10.1. The fourth-order valence-electron chi connectivity index (χ4n) is 3.35. The predicted octanol–water partition coefficient (Wildman–Crippen LogP) is 2.80. The summed E-state index contributed by atoms with van der Waals surface area (Å²) in [6.07, 6.45) is 1.46. The maximum atomic E-state index is 12.5. The van der Waals surface area contributed by atoms with Crippen LogP contribution >= 0.6 is 0 Å². The minimum atomic E-state index is -0.802. The van der Waals surface area contributed by atoms with Crippen LogP contribution < -0.4 is 9.64 Å². The molecule has 0 aliphatic carbocycles. The lowest BCUT2D eigenvalue weighted by Gasteiger charge is -2.36. The van der Waals surface area contributed by atoms with Crippen LogP contribution in [0.4, 0.5) is 5.69 Å². The van der Waals surface area contributed by atoms with Crippen molar-refractivity contribution in [3.63, 3.8) is 0 Å². The quantitative estimate of drug-likeness (QED) is 0.407. The van der Waals surface area contributed by atoms with Crippen molar-refractivity contribution in [2.45, 2.75) is 6.92 Å². The van der Waals surface area contributed by atoms with Crippen molar-refractivity contribution in [1.29, 1.82) is 5.26 Å². The molecule has 1 aliphatic rings. The Morgan fingerprint density at radius 1 is 1.06 bits per heavy atom. The lowest BCUT2D eigenvalue weighted by molar-refractivity contribution is -0.148. The van der Waals surface area contributed by atoms with E-state index in [2.05, 4.69) is 4.90 Å². The second-order valence-electron chi connectivity index (χ2n) is 7.20. The van der Waals surface area contributed by atoms with E-state index >= 15 is 0 Å². The van der Waals surface area contributed by atoms with Crippen LogP contribution in [0.5, 0.6) is 5.75 Å². The standard InChI is InChI=1S/C24H25N3O4/c1-18-7-9-19(10-8-18)15-20(16-25)24(29)31-17-23(28)27-13-11-26(12-14-27)21-5-3-4-6-22(21)30-2/h3-10,15H,11-14,17H2,1-2H3/b20-15+. The van der Waals surface area contributed by atoms with Crippen LogP contribution in [0.15, 0.2) is 54.1 Å². The number of esters is 1. The average Bonchev–Trinajstić information content (AvgIpc) is 2.82. The SMILES string of the molecule is COc1ccccc1N1CCN(C(=O)COC(=O)/C(C#N)=C/c2ccc(C)cc2)CC1. The molecule has 0 spiro atoms. The number of carbonyl (C=O) groups is 2. The molecule has 0 atom stereocenters. The number of hydrogen-bond acceptors (Lipinski definition) is 6. The summed E-state index contributed by atoms with van der Waals surface area (Å²) < 4.78 is 10.5. The van der Waals surface area contributed by atoms with Gasteiger partial charge in [0.25, 0.3) is 5.91 Å². The Labute approximate surface area is 182 Å². The number of nitriles is 1. The summed E-state index contributed by atoms with van der Waals surface area (Å²) in [4.78, 5) is 28.5. The van der Waals surface area contributed by atoms with Crippen LogP contribution in [0, 0.1) is 18.3 Å². The molecule has 3 rings (SSSR count). The number of rotatable bonds is 6. The fraction of sp³-hybridized carbons (Fsp3) is 0.292. The van der Waals surface area contributed by atoms with Gasteiger partial charge in [-0.15, -0.1) is 0 Å². The van der Waals surface area contributed by atoms with Gasteiger partial charge in [-0.2, -0.15) is 5.26 Å². The molecule has 0 unspecified atom stereocenters. The van der Waals surface area contributed by atoms with Crippen molar-refractivity contribution in [3.05, 3.63) is 65.2 Å². The minimum absolute atomic E-state index is 0.141. The summed E-state index contributed by atoms with van der Waals surface area (Å²) in [5.74, 6) is -0.287. The van der Waals surface area contributed by atoms with Crippen molar-refractivity contribution in [3.8, 4) is 11.8 Å². The van der Waals surface area contributed by atoms with Crippen molar-refractivity contribution in [2.24, 2.45) is 0 Å². The van der Waals surface area contributed by atoms with Crippen LogP contribution in [-0.2, 0) is 14.3 Å². The first-order chi connectivity index (χ1) is 15.0. The second kappa shape index (κ2) is 10.3. The molecule has 1 aliphatic heterocycles. The number of piperazine rings is 1. The Hall–Kier alpha value is -3.79. The highest BCUT2D eigenvalue weighted by Crippen LogP contribution is 2.28. The molecule has 7 nitrogen and oxygen atoms in total. The molecule has 31 heavy (non-hydrogen) atoms. The Morgan fingerprint density at radius 2 is 1.74 bits per heavy atom. The molecule has 1 saturated heterocycles. The van der Waals surface area contributed by atoms with E-state index in [1.54, 1.807) is 12.0 Å². The normalized spacial score (nSPS) is 14.0. The van der Waals surface area contributed by atoms with E-state index in [0.717, 1.165) is 22.6 Å². The van der Waals surface area contributed by atoms with Gasteiger partial charge in [-0.25, -0.2) is 4.79 Å². The highest BCUT2D eigenvalue weighted by molar-refractivity contribution is 5.98. The summed E-state index contributed by atoms with van der Waals surface area (Å²) >= 11 is 0. The van der Waals surface area contributed by atoms with Crippen LogP contribution in [0.25, 0.3) is 6.08 Å². The third-order valence-electron chi connectivity index (χ3n) is 5.11. The Balaban J connectivity index is 1.52. The fourth-order valence-corrected chi connectivity index (χ4v) is 3.35. The summed E-state index contributed by atoms with van der Waals surface area (Å²) in [6.45, 7) is 3.89. The summed E-state index contributed by atoms with van der Waals surface area (Å²) in [6, 6.07) is 17.0. The smallest absolute Gasteiger partial charge is 0.349 e. The highest BCUT2D eigenvalue weighted by atomic mass is 16.5. The Morgan fingerprint density at radius 3 is 2.39 bits per heavy atom. The van der Waals surface area contributed by atoms with Gasteiger partial charge in [-0.1, -0.05) is 42.0 Å². The van der Waals surface area contributed by atoms with E-state index in [-0.39, 0.29) is 18.1 Å². The number of hydrogen-bond donors (Lipinski definition) is 0. The van der Waals surface area contributed by atoms with Gasteiger partial charge < -0.3 is 19.3 Å². The van der Waals surface area contributed by atoms with Crippen LogP contribution in [0.2, 0.25) is 0 Å². The lowest BCUT2D eigenvalue weighted by Crippen LogP contribution is -2.50. The van der Waals surface area contributed by atoms with Gasteiger partial charge >= 0.3 is 5.97 Å². The zero-order valence-corrected chi connectivity index (χ0v) is 17.7. The first-order valence-corrected chi connectivity index (χ1v) is 10.0. The summed E-state index contributed by atoms with van der Waals surface area (Å²) in [5, 5.41) is 9.28. The molecule has 0 aromatic heterocycles. The van der Waals surface area contributed by atoms with E-state index in [1.807, 2.05) is 61.5 Å². The monoisotopic (exact) mass is 419 g/mol. The predicted molar refractivity (Wildman–Crippen MR) is 118 cm³/mol. The number of benzene rings is 2. The zero-order valence-electron chi connectivity index (χ0n) is 17.7. The first kappa shape index (κ1) is 21.9. The number of carbonyl (C=O) groups excluding carboxylic acids is 2. The van der Waals surface area contributed by atoms with Crippen molar-refractivity contribution >= 4 is 23.6 Å². The molecule has 2 aromatic carbocycles. The van der Waals surface area contributed by atoms with Crippen LogP contribution in [-0.4, -0.2) is 56.7 Å². The van der Waals surface area contributed by atoms with Gasteiger partial charge in [0, 0.05) is 26.2 Å². The molecular weight excluding hydrogens is 394 g/mol. The maximum absolute atomic E-state index is 12.5. The van der Waals surface area contributed by atoms with E-state index < -0.39 is 5.97 Å². The third kappa shape index (κ3) is 5.64. The maximum Gasteiger partial charge on any atom is 0.349 e. The van der Waals surface area contributed by atoms with Crippen LogP contribution in [0.1, 0.15) is 11.1 Å². The van der Waals surface area contributed by atoms with Crippen molar-refractivity contribution in [1.82, 2.24) is 4.90 Å². The molecule has 0 bridgehead atoms. The van der Waals surface area contributed by atoms with E-state index in [1.165, 1.54) is 6.08 Å². The minimum Gasteiger partial charge on any atom is -0.495 e. The molecular formula is C24H25N3O4. The highest BCUT2D eigenvalue weighted by Gasteiger charge is 2.24. The van der Waals surface area contributed by atoms with Gasteiger partial charge in [0.15, 0.2) is 6.61 Å². The zero-order chi connectivity index (χ0) is 22.2. The molecule has 2 aromatic rings. The van der Waals surface area contributed by atoms with Gasteiger partial charge in [-0.3, -0.25) is 4.79 Å². The molecule has 0 radical (unpaired) electrons. The van der Waals surface area contributed by atoms with E-state index in [4.69, 9.17) is 9.47 Å².